The SMILES string of the molecule is O=C(c1ccc(Cl)c(Cl)c1)N1CCC[C@]2(CNCC[C@@H]2O)C1. The second-order valence-corrected chi connectivity index (χ2v) is 7.12. The van der Waals surface area contributed by atoms with Crippen LogP contribution in [0, 0.1) is 5.41 Å². The van der Waals surface area contributed by atoms with Crippen LogP contribution in [-0.4, -0.2) is 48.2 Å². The third-order valence-electron chi connectivity index (χ3n) is 4.84. The molecule has 0 saturated carbocycles. The molecule has 2 fully saturated rings. The van der Waals surface area contributed by atoms with Crippen LogP contribution in [0.15, 0.2) is 18.2 Å². The zero-order valence-corrected chi connectivity index (χ0v) is 13.8. The predicted molar refractivity (Wildman–Crippen MR) is 87.5 cm³/mol. The number of piperidine rings is 2. The minimum atomic E-state index is -0.349. The van der Waals surface area contributed by atoms with Crippen LogP contribution in [0.4, 0.5) is 0 Å². The molecule has 0 bridgehead atoms. The van der Waals surface area contributed by atoms with Gasteiger partial charge in [-0.05, 0) is 44.0 Å². The molecule has 6 heteroatoms. The highest BCUT2D eigenvalue weighted by Gasteiger charge is 2.44. The molecule has 0 unspecified atom stereocenters. The fourth-order valence-electron chi connectivity index (χ4n) is 3.56. The molecule has 0 aliphatic carbocycles. The predicted octanol–water partition coefficient (Wildman–Crippen LogP) is 2.57. The zero-order chi connectivity index (χ0) is 15.7. The van der Waals surface area contributed by atoms with Crippen molar-refractivity contribution in [2.24, 2.45) is 5.41 Å². The summed E-state index contributed by atoms with van der Waals surface area (Å²) in [6, 6.07) is 4.96. The molecule has 22 heavy (non-hydrogen) atoms. The van der Waals surface area contributed by atoms with Gasteiger partial charge in [-0.1, -0.05) is 23.2 Å². The number of likely N-dealkylation sites (tertiary alicyclic amines) is 1. The summed E-state index contributed by atoms with van der Waals surface area (Å²) >= 11 is 11.9. The second-order valence-electron chi connectivity index (χ2n) is 6.30. The van der Waals surface area contributed by atoms with Crippen molar-refractivity contribution in [2.45, 2.75) is 25.4 Å². The first-order valence-electron chi connectivity index (χ1n) is 7.65. The molecule has 0 aromatic heterocycles. The van der Waals surface area contributed by atoms with Gasteiger partial charge in [-0.15, -0.1) is 0 Å². The van der Waals surface area contributed by atoms with E-state index in [4.69, 9.17) is 23.2 Å². The highest BCUT2D eigenvalue weighted by atomic mass is 35.5. The average Bonchev–Trinajstić information content (AvgIpc) is 2.53. The lowest BCUT2D eigenvalue weighted by molar-refractivity contribution is -0.0433. The number of carbonyl (C=O) groups excluding carboxylic acids is 1. The van der Waals surface area contributed by atoms with Gasteiger partial charge in [-0.2, -0.15) is 0 Å². The average molecular weight is 343 g/mol. The summed E-state index contributed by atoms with van der Waals surface area (Å²) in [5.41, 5.74) is 0.326. The second kappa shape index (κ2) is 6.36. The Hall–Kier alpha value is -0.810. The van der Waals surface area contributed by atoms with E-state index >= 15 is 0 Å². The highest BCUT2D eigenvalue weighted by Crippen LogP contribution is 2.37. The van der Waals surface area contributed by atoms with Gasteiger partial charge in [-0.25, -0.2) is 0 Å². The number of aliphatic hydroxyl groups is 1. The van der Waals surface area contributed by atoms with Crippen molar-refractivity contribution in [1.29, 1.82) is 0 Å². The largest absolute Gasteiger partial charge is 0.392 e. The summed E-state index contributed by atoms with van der Waals surface area (Å²) in [7, 11) is 0. The van der Waals surface area contributed by atoms with Crippen LogP contribution >= 0.6 is 23.2 Å². The topological polar surface area (TPSA) is 52.6 Å². The van der Waals surface area contributed by atoms with Crippen molar-refractivity contribution in [3.8, 4) is 0 Å². The van der Waals surface area contributed by atoms with E-state index in [1.54, 1.807) is 18.2 Å². The molecule has 2 atom stereocenters. The highest BCUT2D eigenvalue weighted by molar-refractivity contribution is 6.42. The first kappa shape index (κ1) is 16.1. The monoisotopic (exact) mass is 342 g/mol. The van der Waals surface area contributed by atoms with Gasteiger partial charge in [0.1, 0.15) is 0 Å². The van der Waals surface area contributed by atoms with Crippen molar-refractivity contribution >= 4 is 29.1 Å². The Labute approximate surface area is 140 Å². The lowest BCUT2D eigenvalue weighted by Gasteiger charge is -2.48. The van der Waals surface area contributed by atoms with Crippen LogP contribution in [-0.2, 0) is 0 Å². The van der Waals surface area contributed by atoms with Gasteiger partial charge in [0, 0.05) is 30.6 Å². The lowest BCUT2D eigenvalue weighted by Crippen LogP contribution is -2.58. The molecular weight excluding hydrogens is 323 g/mol. The van der Waals surface area contributed by atoms with E-state index < -0.39 is 0 Å². The molecule has 1 aromatic rings. The molecule has 2 aliphatic heterocycles. The third-order valence-corrected chi connectivity index (χ3v) is 5.58. The molecule has 2 saturated heterocycles. The normalized spacial score (nSPS) is 28.9. The minimum absolute atomic E-state index is 0.0459. The number of benzene rings is 1. The van der Waals surface area contributed by atoms with E-state index in [2.05, 4.69) is 5.32 Å². The van der Waals surface area contributed by atoms with Gasteiger partial charge >= 0.3 is 0 Å². The van der Waals surface area contributed by atoms with Gasteiger partial charge < -0.3 is 15.3 Å². The van der Waals surface area contributed by atoms with Crippen molar-refractivity contribution < 1.29 is 9.90 Å². The summed E-state index contributed by atoms with van der Waals surface area (Å²) in [5.74, 6) is -0.0459. The molecule has 1 amide bonds. The quantitative estimate of drug-likeness (QED) is 0.824. The molecule has 1 spiro atoms. The maximum Gasteiger partial charge on any atom is 0.253 e. The number of aliphatic hydroxyl groups excluding tert-OH is 1. The van der Waals surface area contributed by atoms with Crippen LogP contribution in [0.1, 0.15) is 29.6 Å². The molecule has 0 radical (unpaired) electrons. The van der Waals surface area contributed by atoms with Crippen LogP contribution in [0.2, 0.25) is 10.0 Å². The number of carbonyl (C=O) groups is 1. The summed E-state index contributed by atoms with van der Waals surface area (Å²) in [4.78, 5) is 14.6. The molecule has 120 valence electrons. The van der Waals surface area contributed by atoms with E-state index in [0.717, 1.165) is 32.4 Å². The summed E-state index contributed by atoms with van der Waals surface area (Å²) in [6.45, 7) is 2.90. The van der Waals surface area contributed by atoms with Crippen molar-refractivity contribution in [3.05, 3.63) is 33.8 Å². The Kier molecular flexibility index (Phi) is 4.64. The van der Waals surface area contributed by atoms with Crippen LogP contribution in [0.5, 0.6) is 0 Å². The Morgan fingerprint density at radius 1 is 1.36 bits per heavy atom. The van der Waals surface area contributed by atoms with Crippen molar-refractivity contribution in [3.63, 3.8) is 0 Å². The summed E-state index contributed by atoms with van der Waals surface area (Å²) in [5, 5.41) is 14.6. The minimum Gasteiger partial charge on any atom is -0.392 e. The van der Waals surface area contributed by atoms with E-state index in [0.29, 0.717) is 28.7 Å². The smallest absolute Gasteiger partial charge is 0.253 e. The number of nitrogens with zero attached hydrogens (tertiary/aromatic N) is 1. The fraction of sp³-hybridized carbons (Fsp3) is 0.562. The standard InChI is InChI=1S/C16H20Cl2N2O2/c17-12-3-2-11(8-13(12)18)15(22)20-7-1-5-16(10-20)9-19-6-4-14(16)21/h2-3,8,14,19,21H,1,4-7,9-10H2/t14-,16-/m0/s1. The Morgan fingerprint density at radius 2 is 2.18 bits per heavy atom. The van der Waals surface area contributed by atoms with E-state index in [9.17, 15) is 9.90 Å². The van der Waals surface area contributed by atoms with Crippen molar-refractivity contribution in [1.82, 2.24) is 10.2 Å². The molecule has 2 aliphatic rings. The van der Waals surface area contributed by atoms with Crippen LogP contribution < -0.4 is 5.32 Å². The Morgan fingerprint density at radius 3 is 2.91 bits per heavy atom. The van der Waals surface area contributed by atoms with E-state index in [1.807, 2.05) is 4.90 Å². The summed E-state index contributed by atoms with van der Waals surface area (Å²) in [6.07, 6.45) is 2.26. The molecule has 2 heterocycles. The number of amides is 1. The molecule has 4 nitrogen and oxygen atoms in total. The Bertz CT molecular complexity index is 577. The first-order chi connectivity index (χ1) is 10.5. The number of nitrogens with one attached hydrogen (secondary N) is 1. The van der Waals surface area contributed by atoms with Crippen LogP contribution in [0.3, 0.4) is 0 Å². The van der Waals surface area contributed by atoms with Gasteiger partial charge in [0.15, 0.2) is 0 Å². The van der Waals surface area contributed by atoms with Crippen LogP contribution in [0.25, 0.3) is 0 Å². The molecule has 1 aromatic carbocycles. The van der Waals surface area contributed by atoms with E-state index in [-0.39, 0.29) is 17.4 Å². The number of hydrogen-bond acceptors (Lipinski definition) is 3. The van der Waals surface area contributed by atoms with Crippen molar-refractivity contribution in [2.75, 3.05) is 26.2 Å². The van der Waals surface area contributed by atoms with Gasteiger partial charge in [0.2, 0.25) is 0 Å². The Balaban J connectivity index is 1.79. The van der Waals surface area contributed by atoms with Gasteiger partial charge in [0.25, 0.3) is 5.91 Å². The molecular formula is C16H20Cl2N2O2. The number of rotatable bonds is 1. The molecule has 2 N–H and O–H groups in total. The zero-order valence-electron chi connectivity index (χ0n) is 12.3. The van der Waals surface area contributed by atoms with Gasteiger partial charge in [0.05, 0.1) is 16.1 Å². The maximum absolute atomic E-state index is 12.7. The van der Waals surface area contributed by atoms with Gasteiger partial charge in [-0.3, -0.25) is 4.79 Å². The third kappa shape index (κ3) is 2.98. The molecule has 3 rings (SSSR count). The fourth-order valence-corrected chi connectivity index (χ4v) is 3.86. The summed E-state index contributed by atoms with van der Waals surface area (Å²) < 4.78 is 0. The lowest BCUT2D eigenvalue weighted by atomic mass is 9.72. The number of halogens is 2. The maximum atomic E-state index is 12.7. The first-order valence-corrected chi connectivity index (χ1v) is 8.41. The van der Waals surface area contributed by atoms with E-state index in [1.165, 1.54) is 0 Å². The number of hydrogen-bond donors (Lipinski definition) is 2.